The van der Waals surface area contributed by atoms with Crippen LogP contribution in [0.3, 0.4) is 0 Å². The summed E-state index contributed by atoms with van der Waals surface area (Å²) in [5.74, 6) is 2.49. The largest absolute Gasteiger partial charge is 0.493 e. The predicted molar refractivity (Wildman–Crippen MR) is 153 cm³/mol. The molecule has 200 valence electrons. The van der Waals surface area contributed by atoms with E-state index in [0.717, 1.165) is 72.3 Å². The number of methoxy groups -OCH3 is 1. The number of aromatic amines is 1. The van der Waals surface area contributed by atoms with E-state index in [1.165, 1.54) is 0 Å². The number of rotatable bonds is 9. The molecule has 2 aromatic heterocycles. The summed E-state index contributed by atoms with van der Waals surface area (Å²) in [5, 5.41) is 12.4. The van der Waals surface area contributed by atoms with Crippen molar-refractivity contribution in [3.63, 3.8) is 0 Å². The van der Waals surface area contributed by atoms with Crippen LogP contribution in [0.25, 0.3) is 33.2 Å². The molecule has 0 spiro atoms. The molecule has 1 aliphatic heterocycles. The van der Waals surface area contributed by atoms with Crippen LogP contribution in [0.4, 0.5) is 17.2 Å². The van der Waals surface area contributed by atoms with Crippen molar-refractivity contribution >= 4 is 39.0 Å². The first-order valence-corrected chi connectivity index (χ1v) is 13.0. The molecular weight excluding hydrogens is 494 g/mol. The van der Waals surface area contributed by atoms with Gasteiger partial charge in [0.1, 0.15) is 5.82 Å². The fraction of sp³-hybridized carbons (Fsp3) is 0.276. The number of ether oxygens (including phenoxy) is 3. The Morgan fingerprint density at radius 3 is 2.79 bits per heavy atom. The maximum atomic E-state index is 6.22. The lowest BCUT2D eigenvalue weighted by atomic mass is 10.1. The first-order chi connectivity index (χ1) is 19.2. The van der Waals surface area contributed by atoms with Crippen LogP contribution in [-0.2, 0) is 4.74 Å². The van der Waals surface area contributed by atoms with Gasteiger partial charge in [-0.3, -0.25) is 10.00 Å². The van der Waals surface area contributed by atoms with Gasteiger partial charge in [0.05, 0.1) is 44.2 Å². The molecule has 3 aromatic carbocycles. The van der Waals surface area contributed by atoms with Crippen molar-refractivity contribution in [2.45, 2.75) is 6.42 Å². The van der Waals surface area contributed by atoms with Gasteiger partial charge in [-0.15, -0.1) is 0 Å². The van der Waals surface area contributed by atoms with E-state index < -0.39 is 0 Å². The van der Waals surface area contributed by atoms with Gasteiger partial charge in [-0.05, 0) is 42.8 Å². The molecule has 1 saturated heterocycles. The maximum absolute atomic E-state index is 6.22. The van der Waals surface area contributed by atoms with Gasteiger partial charge >= 0.3 is 0 Å². The minimum Gasteiger partial charge on any atom is -0.493 e. The number of H-pyrrole nitrogens is 1. The maximum Gasteiger partial charge on any atom is 0.162 e. The molecule has 0 atom stereocenters. The highest BCUT2D eigenvalue weighted by Gasteiger charge is 2.16. The van der Waals surface area contributed by atoms with Gasteiger partial charge in [0, 0.05) is 53.4 Å². The number of nitrogens with zero attached hydrogens (tertiary/aromatic N) is 4. The third-order valence-electron chi connectivity index (χ3n) is 6.81. The third kappa shape index (κ3) is 5.57. The first kappa shape index (κ1) is 24.9. The lowest BCUT2D eigenvalue weighted by Crippen LogP contribution is -2.37. The van der Waals surface area contributed by atoms with Crippen molar-refractivity contribution < 1.29 is 14.2 Å². The van der Waals surface area contributed by atoms with Crippen molar-refractivity contribution in [1.82, 2.24) is 25.1 Å². The number of aromatic nitrogens is 4. The summed E-state index contributed by atoms with van der Waals surface area (Å²) in [7, 11) is 1.64. The van der Waals surface area contributed by atoms with Crippen LogP contribution >= 0.6 is 0 Å². The molecular formula is C29H31N7O3. The molecule has 1 aliphatic rings. The second-order valence-corrected chi connectivity index (χ2v) is 9.49. The molecule has 39 heavy (non-hydrogen) atoms. The van der Waals surface area contributed by atoms with Crippen LogP contribution < -0.4 is 20.5 Å². The zero-order valence-electron chi connectivity index (χ0n) is 21.8. The average Bonchev–Trinajstić information content (AvgIpc) is 3.43. The van der Waals surface area contributed by atoms with E-state index in [2.05, 4.69) is 20.4 Å². The Hall–Kier alpha value is -4.41. The number of nitrogen functional groups attached to an aromatic ring is 1. The van der Waals surface area contributed by atoms with Crippen molar-refractivity contribution in [1.29, 1.82) is 0 Å². The molecule has 0 amide bonds. The number of anilines is 3. The minimum absolute atomic E-state index is 0.558. The highest BCUT2D eigenvalue weighted by molar-refractivity contribution is 5.95. The minimum atomic E-state index is 0.558. The van der Waals surface area contributed by atoms with E-state index >= 15 is 0 Å². The monoisotopic (exact) mass is 525 g/mol. The summed E-state index contributed by atoms with van der Waals surface area (Å²) in [6, 6.07) is 17.4. The normalized spacial score (nSPS) is 14.1. The molecule has 10 nitrogen and oxygen atoms in total. The average molecular weight is 526 g/mol. The Morgan fingerprint density at radius 2 is 1.95 bits per heavy atom. The Bertz CT molecular complexity index is 1600. The van der Waals surface area contributed by atoms with Crippen LogP contribution in [0.5, 0.6) is 11.5 Å². The molecule has 0 saturated carbocycles. The summed E-state index contributed by atoms with van der Waals surface area (Å²) >= 11 is 0. The van der Waals surface area contributed by atoms with E-state index in [1.54, 1.807) is 13.3 Å². The molecule has 4 N–H and O–H groups in total. The number of fused-ring (bicyclic) bond motifs is 2. The van der Waals surface area contributed by atoms with Crippen molar-refractivity contribution in [2.24, 2.45) is 0 Å². The first-order valence-electron chi connectivity index (χ1n) is 13.0. The van der Waals surface area contributed by atoms with Gasteiger partial charge < -0.3 is 25.3 Å². The summed E-state index contributed by atoms with van der Waals surface area (Å²) in [6.45, 7) is 5.05. The number of nitrogens with two attached hydrogens (primary N) is 1. The Kier molecular flexibility index (Phi) is 7.11. The smallest absolute Gasteiger partial charge is 0.162 e. The van der Waals surface area contributed by atoms with Crippen LogP contribution in [0.2, 0.25) is 0 Å². The van der Waals surface area contributed by atoms with Gasteiger partial charge in [-0.25, -0.2) is 9.97 Å². The third-order valence-corrected chi connectivity index (χ3v) is 6.81. The van der Waals surface area contributed by atoms with E-state index in [9.17, 15) is 0 Å². The lowest BCUT2D eigenvalue weighted by molar-refractivity contribution is 0.0357. The topological polar surface area (TPSA) is 123 Å². The molecule has 3 heterocycles. The van der Waals surface area contributed by atoms with Crippen LogP contribution in [-0.4, -0.2) is 71.6 Å². The second-order valence-electron chi connectivity index (χ2n) is 9.49. The zero-order valence-corrected chi connectivity index (χ0v) is 21.8. The van der Waals surface area contributed by atoms with Gasteiger partial charge in [0.25, 0.3) is 0 Å². The molecule has 1 fully saturated rings. The zero-order chi connectivity index (χ0) is 26.6. The van der Waals surface area contributed by atoms with Gasteiger partial charge in [0.15, 0.2) is 17.3 Å². The van der Waals surface area contributed by atoms with Crippen molar-refractivity contribution in [3.8, 4) is 22.9 Å². The molecule has 0 bridgehead atoms. The number of benzene rings is 3. The second kappa shape index (κ2) is 11.1. The highest BCUT2D eigenvalue weighted by Crippen LogP contribution is 2.37. The molecule has 10 heteroatoms. The fourth-order valence-electron chi connectivity index (χ4n) is 4.76. The molecule has 0 aliphatic carbocycles. The Labute approximate surface area is 226 Å². The Balaban J connectivity index is 1.34. The van der Waals surface area contributed by atoms with E-state index in [4.69, 9.17) is 29.9 Å². The Morgan fingerprint density at radius 1 is 1.05 bits per heavy atom. The summed E-state index contributed by atoms with van der Waals surface area (Å²) in [6.07, 6.45) is 2.70. The van der Waals surface area contributed by atoms with E-state index in [-0.39, 0.29) is 0 Å². The fourth-order valence-corrected chi connectivity index (χ4v) is 4.76. The van der Waals surface area contributed by atoms with Crippen LogP contribution in [0.15, 0.2) is 60.8 Å². The highest BCUT2D eigenvalue weighted by atomic mass is 16.5. The number of morpholine rings is 1. The molecule has 6 rings (SSSR count). The summed E-state index contributed by atoms with van der Waals surface area (Å²) < 4.78 is 17.4. The SMILES string of the molecule is COc1cc2nc(-c3cccc(N)c3)nc(Nc3ccc4[nH]ncc4c3)c2cc1OCCCN1CCOCC1. The van der Waals surface area contributed by atoms with Crippen molar-refractivity contribution in [2.75, 3.05) is 57.6 Å². The molecule has 5 aromatic rings. The van der Waals surface area contributed by atoms with Crippen LogP contribution in [0, 0.1) is 0 Å². The number of nitrogens with one attached hydrogen (secondary N) is 2. The lowest BCUT2D eigenvalue weighted by Gasteiger charge is -2.26. The standard InChI is InChI=1S/C29H31N7O3/c1-37-26-17-25-23(16-27(26)39-11-3-8-36-9-12-38-13-10-36)29(32-22-6-7-24-20(15-22)18-31-35-24)34-28(33-25)19-4-2-5-21(30)14-19/h2,4-7,14-18H,3,8-13,30H2,1H3,(H,31,35)(H,32,33,34). The van der Waals surface area contributed by atoms with Gasteiger partial charge in [0.2, 0.25) is 0 Å². The molecule has 0 radical (unpaired) electrons. The molecule has 0 unspecified atom stereocenters. The summed E-state index contributed by atoms with van der Waals surface area (Å²) in [4.78, 5) is 12.2. The summed E-state index contributed by atoms with van der Waals surface area (Å²) in [5.41, 5.74) is 10.1. The van der Waals surface area contributed by atoms with Gasteiger partial charge in [-0.1, -0.05) is 12.1 Å². The number of hydrogen-bond acceptors (Lipinski definition) is 9. The number of hydrogen-bond donors (Lipinski definition) is 3. The van der Waals surface area contributed by atoms with Crippen LogP contribution in [0.1, 0.15) is 6.42 Å². The quantitative estimate of drug-likeness (QED) is 0.187. The predicted octanol–water partition coefficient (Wildman–Crippen LogP) is 4.61. The van der Waals surface area contributed by atoms with E-state index in [0.29, 0.717) is 35.4 Å². The van der Waals surface area contributed by atoms with Gasteiger partial charge in [-0.2, -0.15) is 5.10 Å². The van der Waals surface area contributed by atoms with E-state index in [1.807, 2.05) is 54.6 Å². The van der Waals surface area contributed by atoms with Crippen molar-refractivity contribution in [3.05, 3.63) is 60.8 Å².